The quantitative estimate of drug-likeness (QED) is 0.938. The van der Waals surface area contributed by atoms with E-state index >= 15 is 0 Å². The number of hydrogen-bond donors (Lipinski definition) is 1. The molecule has 21 heavy (non-hydrogen) atoms. The summed E-state index contributed by atoms with van der Waals surface area (Å²) in [5.74, 6) is 0.0369. The van der Waals surface area contributed by atoms with Crippen LogP contribution in [0.5, 0.6) is 0 Å². The predicted octanol–water partition coefficient (Wildman–Crippen LogP) is 2.31. The van der Waals surface area contributed by atoms with E-state index in [2.05, 4.69) is 15.3 Å². The monoisotopic (exact) mass is 287 g/mol. The smallest absolute Gasteiger partial charge is 0.257 e. The molecule has 1 fully saturated rings. The van der Waals surface area contributed by atoms with Crippen molar-refractivity contribution in [1.29, 1.82) is 0 Å². The molecule has 2 aromatic heterocycles. The van der Waals surface area contributed by atoms with Crippen molar-refractivity contribution in [2.24, 2.45) is 0 Å². The lowest BCUT2D eigenvalue weighted by atomic mass is 10.1. The fourth-order valence-electron chi connectivity index (χ4n) is 2.98. The van der Waals surface area contributed by atoms with Crippen LogP contribution < -0.4 is 0 Å². The van der Waals surface area contributed by atoms with Gasteiger partial charge in [0.25, 0.3) is 5.91 Å². The Morgan fingerprint density at radius 1 is 1.43 bits per heavy atom. The minimum absolute atomic E-state index is 0.0369. The normalized spacial score (nSPS) is 15.5. The highest BCUT2D eigenvalue weighted by atomic mass is 16.2. The molecule has 1 aliphatic carbocycles. The fraction of sp³-hybridized carbons (Fsp3) is 0.533. The summed E-state index contributed by atoms with van der Waals surface area (Å²) >= 11 is 0. The second kappa shape index (κ2) is 5.71. The van der Waals surface area contributed by atoms with E-state index in [4.69, 9.17) is 0 Å². The molecule has 0 aliphatic heterocycles. The Kier molecular flexibility index (Phi) is 3.77. The van der Waals surface area contributed by atoms with Gasteiger partial charge in [-0.1, -0.05) is 12.8 Å². The minimum Gasteiger partial charge on any atom is -0.339 e. The first-order valence-corrected chi connectivity index (χ1v) is 7.54. The zero-order valence-electron chi connectivity index (χ0n) is 12.5. The Hall–Kier alpha value is -2.11. The highest BCUT2D eigenvalue weighted by Crippen LogP contribution is 2.26. The van der Waals surface area contributed by atoms with Crippen LogP contribution in [0.15, 0.2) is 18.6 Å². The van der Waals surface area contributed by atoms with E-state index in [0.717, 1.165) is 30.6 Å². The van der Waals surface area contributed by atoms with E-state index < -0.39 is 0 Å². The number of hydrogen-bond acceptors (Lipinski definition) is 3. The maximum absolute atomic E-state index is 12.7. The van der Waals surface area contributed by atoms with Crippen molar-refractivity contribution in [2.45, 2.75) is 45.2 Å². The van der Waals surface area contributed by atoms with Gasteiger partial charge in [0.1, 0.15) is 0 Å². The van der Waals surface area contributed by atoms with Gasteiger partial charge in [-0.25, -0.2) is 0 Å². The van der Waals surface area contributed by atoms with Crippen LogP contribution in [0.4, 0.5) is 0 Å². The molecule has 0 radical (unpaired) electrons. The number of carbonyl (C=O) groups is 1. The number of carbonyl (C=O) groups excluding carboxylic acids is 1. The number of amides is 1. The maximum Gasteiger partial charge on any atom is 0.257 e. The van der Waals surface area contributed by atoms with Crippen molar-refractivity contribution >= 4 is 5.91 Å². The molecular weight excluding hydrogens is 266 g/mol. The summed E-state index contributed by atoms with van der Waals surface area (Å²) < 4.78 is 1.84. The summed E-state index contributed by atoms with van der Waals surface area (Å²) in [7, 11) is 1.89. The molecule has 1 aliphatic rings. The van der Waals surface area contributed by atoms with Gasteiger partial charge in [-0.15, -0.1) is 0 Å². The van der Waals surface area contributed by atoms with Gasteiger partial charge in [0, 0.05) is 31.4 Å². The number of nitrogens with zero attached hydrogens (tertiary/aromatic N) is 4. The van der Waals surface area contributed by atoms with Gasteiger partial charge in [-0.05, 0) is 19.8 Å². The number of aromatic amines is 1. The highest BCUT2D eigenvalue weighted by Gasteiger charge is 2.27. The summed E-state index contributed by atoms with van der Waals surface area (Å²) in [5.41, 5.74) is 2.28. The van der Waals surface area contributed by atoms with E-state index in [-0.39, 0.29) is 5.91 Å². The number of H-pyrrole nitrogens is 1. The molecule has 0 atom stereocenters. The van der Waals surface area contributed by atoms with Crippen LogP contribution in [-0.2, 0) is 6.54 Å². The van der Waals surface area contributed by atoms with Crippen molar-refractivity contribution in [3.8, 4) is 11.3 Å². The summed E-state index contributed by atoms with van der Waals surface area (Å²) in [6.45, 7) is 2.84. The predicted molar refractivity (Wildman–Crippen MR) is 79.8 cm³/mol. The molecule has 3 rings (SSSR count). The van der Waals surface area contributed by atoms with Crippen LogP contribution >= 0.6 is 0 Å². The molecule has 6 heteroatoms. The molecule has 0 unspecified atom stereocenters. The molecule has 1 saturated carbocycles. The van der Waals surface area contributed by atoms with Crippen molar-refractivity contribution in [2.75, 3.05) is 7.05 Å². The first-order valence-electron chi connectivity index (χ1n) is 7.54. The van der Waals surface area contributed by atoms with Gasteiger partial charge in [-0.3, -0.25) is 14.6 Å². The Bertz CT molecular complexity index is 624. The lowest BCUT2D eigenvalue weighted by Gasteiger charge is -2.24. The van der Waals surface area contributed by atoms with Crippen LogP contribution in [0.1, 0.15) is 43.0 Å². The number of nitrogens with one attached hydrogen (secondary N) is 1. The number of rotatable bonds is 4. The average molecular weight is 287 g/mol. The molecule has 0 aromatic carbocycles. The van der Waals surface area contributed by atoms with Gasteiger partial charge in [0.15, 0.2) is 0 Å². The average Bonchev–Trinajstić information content (AvgIpc) is 3.24. The Morgan fingerprint density at radius 3 is 2.86 bits per heavy atom. The lowest BCUT2D eigenvalue weighted by molar-refractivity contribution is 0.0736. The molecule has 1 N–H and O–H groups in total. The van der Waals surface area contributed by atoms with Gasteiger partial charge >= 0.3 is 0 Å². The number of aryl methyl sites for hydroxylation is 1. The van der Waals surface area contributed by atoms with E-state index in [1.165, 1.54) is 12.8 Å². The van der Waals surface area contributed by atoms with Crippen molar-refractivity contribution in [3.63, 3.8) is 0 Å². The second-order valence-corrected chi connectivity index (χ2v) is 5.60. The van der Waals surface area contributed by atoms with E-state index in [1.807, 2.05) is 29.7 Å². The topological polar surface area (TPSA) is 66.8 Å². The van der Waals surface area contributed by atoms with Crippen LogP contribution in [0.3, 0.4) is 0 Å². The van der Waals surface area contributed by atoms with Crippen LogP contribution in [0, 0.1) is 0 Å². The highest BCUT2D eigenvalue weighted by molar-refractivity contribution is 5.99. The van der Waals surface area contributed by atoms with Gasteiger partial charge in [-0.2, -0.15) is 10.2 Å². The number of aromatic nitrogens is 4. The summed E-state index contributed by atoms with van der Waals surface area (Å²) in [6, 6.07) is 0.360. The zero-order valence-corrected chi connectivity index (χ0v) is 12.5. The second-order valence-electron chi connectivity index (χ2n) is 5.60. The molecule has 112 valence electrons. The SMILES string of the molecule is CCn1cc(-c2[nH]ncc2C(=O)N(C)C2CCCC2)cn1. The largest absolute Gasteiger partial charge is 0.339 e. The van der Waals surface area contributed by atoms with Gasteiger partial charge in [0.2, 0.25) is 0 Å². The molecule has 0 spiro atoms. The summed E-state index contributed by atoms with van der Waals surface area (Å²) in [4.78, 5) is 14.6. The van der Waals surface area contributed by atoms with Crippen LogP contribution in [0.25, 0.3) is 11.3 Å². The van der Waals surface area contributed by atoms with Crippen molar-refractivity contribution in [1.82, 2.24) is 24.9 Å². The lowest BCUT2D eigenvalue weighted by Crippen LogP contribution is -2.35. The minimum atomic E-state index is 0.0369. The fourth-order valence-corrected chi connectivity index (χ4v) is 2.98. The molecule has 0 saturated heterocycles. The van der Waals surface area contributed by atoms with Gasteiger partial charge in [0.05, 0.1) is 23.7 Å². The van der Waals surface area contributed by atoms with E-state index in [9.17, 15) is 4.79 Å². The molecule has 2 aromatic rings. The Balaban J connectivity index is 1.85. The van der Waals surface area contributed by atoms with E-state index in [0.29, 0.717) is 11.6 Å². The molecular formula is C15H21N5O. The van der Waals surface area contributed by atoms with Gasteiger partial charge < -0.3 is 4.90 Å². The third-order valence-corrected chi connectivity index (χ3v) is 4.31. The van der Waals surface area contributed by atoms with Crippen LogP contribution in [0.2, 0.25) is 0 Å². The standard InChI is InChI=1S/C15H21N5O/c1-3-20-10-11(8-17-20)14-13(9-16-18-14)15(21)19(2)12-6-4-5-7-12/h8-10,12H,3-7H2,1-2H3,(H,16,18). The molecule has 1 amide bonds. The Labute approximate surface area is 124 Å². The third-order valence-electron chi connectivity index (χ3n) is 4.31. The molecule has 6 nitrogen and oxygen atoms in total. The molecule has 0 bridgehead atoms. The van der Waals surface area contributed by atoms with E-state index in [1.54, 1.807) is 12.4 Å². The zero-order chi connectivity index (χ0) is 14.8. The third kappa shape index (κ3) is 2.57. The van der Waals surface area contributed by atoms with Crippen LogP contribution in [-0.4, -0.2) is 43.9 Å². The first kappa shape index (κ1) is 13.9. The maximum atomic E-state index is 12.7. The molecule has 2 heterocycles. The first-order chi connectivity index (χ1) is 10.2. The van der Waals surface area contributed by atoms with Crippen molar-refractivity contribution in [3.05, 3.63) is 24.2 Å². The Morgan fingerprint density at radius 2 is 2.19 bits per heavy atom. The summed E-state index contributed by atoms with van der Waals surface area (Å²) in [6.07, 6.45) is 9.94. The van der Waals surface area contributed by atoms with Crippen molar-refractivity contribution < 1.29 is 4.79 Å². The summed E-state index contributed by atoms with van der Waals surface area (Å²) in [5, 5.41) is 11.2.